The van der Waals surface area contributed by atoms with E-state index in [0.29, 0.717) is 11.8 Å². The Hall–Kier alpha value is -0.610. The Morgan fingerprint density at radius 1 is 1.32 bits per heavy atom. The molecule has 1 aliphatic rings. The lowest BCUT2D eigenvalue weighted by atomic mass is 9.75. The van der Waals surface area contributed by atoms with Crippen LogP contribution in [0.5, 0.6) is 0 Å². The average Bonchev–Trinajstić information content (AvgIpc) is 2.84. The molecule has 1 unspecified atom stereocenters. The van der Waals surface area contributed by atoms with Crippen molar-refractivity contribution in [2.75, 3.05) is 46.8 Å². The molecule has 4 heteroatoms. The van der Waals surface area contributed by atoms with Crippen LogP contribution in [-0.4, -0.2) is 62.5 Å². The van der Waals surface area contributed by atoms with E-state index in [2.05, 4.69) is 50.0 Å². The zero-order chi connectivity index (χ0) is 14.5. The van der Waals surface area contributed by atoms with Crippen molar-refractivity contribution in [3.8, 4) is 0 Å². The summed E-state index contributed by atoms with van der Waals surface area (Å²) in [6, 6.07) is 0. The third-order valence-corrected chi connectivity index (χ3v) is 4.42. The third-order valence-electron chi connectivity index (χ3n) is 4.42. The van der Waals surface area contributed by atoms with Crippen molar-refractivity contribution >= 4 is 5.91 Å². The monoisotopic (exact) mass is 269 g/mol. The molecule has 0 aromatic heterocycles. The van der Waals surface area contributed by atoms with Crippen LogP contribution < -0.4 is 5.32 Å². The number of hydrogen-bond acceptors (Lipinski definition) is 3. The Balaban J connectivity index is 2.65. The highest BCUT2D eigenvalue weighted by molar-refractivity contribution is 5.83. The third kappa shape index (κ3) is 3.93. The van der Waals surface area contributed by atoms with Gasteiger partial charge in [0.1, 0.15) is 0 Å². The molecule has 112 valence electrons. The number of rotatable bonds is 7. The maximum Gasteiger partial charge on any atom is 0.230 e. The van der Waals surface area contributed by atoms with Gasteiger partial charge in [0.15, 0.2) is 0 Å². The topological polar surface area (TPSA) is 35.6 Å². The van der Waals surface area contributed by atoms with Gasteiger partial charge in [0.05, 0.1) is 5.41 Å². The number of nitrogens with zero attached hydrogens (tertiary/aromatic N) is 2. The SMILES string of the molecule is CCN(CCCN(C)C)C(=O)C1(C(C)C)CCNC1. The summed E-state index contributed by atoms with van der Waals surface area (Å²) < 4.78 is 0. The van der Waals surface area contributed by atoms with E-state index in [1.54, 1.807) is 0 Å². The molecule has 1 saturated heterocycles. The van der Waals surface area contributed by atoms with E-state index in [-0.39, 0.29) is 5.41 Å². The molecule has 0 saturated carbocycles. The Bertz CT molecular complexity index is 283. The van der Waals surface area contributed by atoms with Crippen molar-refractivity contribution in [1.82, 2.24) is 15.1 Å². The van der Waals surface area contributed by atoms with Gasteiger partial charge in [-0.2, -0.15) is 0 Å². The molecule has 4 nitrogen and oxygen atoms in total. The first kappa shape index (κ1) is 16.4. The van der Waals surface area contributed by atoms with E-state index in [1.165, 1.54) is 0 Å². The molecule has 1 aliphatic heterocycles. The summed E-state index contributed by atoms with van der Waals surface area (Å²) in [6.45, 7) is 11.0. The van der Waals surface area contributed by atoms with E-state index in [9.17, 15) is 4.79 Å². The molecular formula is C15H31N3O. The lowest BCUT2D eigenvalue weighted by Gasteiger charge is -2.36. The van der Waals surface area contributed by atoms with Crippen LogP contribution in [0.25, 0.3) is 0 Å². The van der Waals surface area contributed by atoms with E-state index in [1.807, 2.05) is 0 Å². The highest BCUT2D eigenvalue weighted by atomic mass is 16.2. The van der Waals surface area contributed by atoms with Gasteiger partial charge < -0.3 is 15.1 Å². The van der Waals surface area contributed by atoms with E-state index < -0.39 is 0 Å². The van der Waals surface area contributed by atoms with E-state index in [0.717, 1.165) is 45.6 Å². The van der Waals surface area contributed by atoms with Gasteiger partial charge in [-0.3, -0.25) is 4.79 Å². The van der Waals surface area contributed by atoms with Gasteiger partial charge in [0.2, 0.25) is 5.91 Å². The molecule has 0 radical (unpaired) electrons. The van der Waals surface area contributed by atoms with E-state index >= 15 is 0 Å². The number of carbonyl (C=O) groups is 1. The quantitative estimate of drug-likeness (QED) is 0.759. The summed E-state index contributed by atoms with van der Waals surface area (Å²) in [5.74, 6) is 0.756. The molecule has 0 aliphatic carbocycles. The van der Waals surface area contributed by atoms with Gasteiger partial charge in [-0.25, -0.2) is 0 Å². The first-order valence-corrected chi connectivity index (χ1v) is 7.59. The minimum atomic E-state index is -0.172. The molecule has 1 atom stereocenters. The van der Waals surface area contributed by atoms with Crippen molar-refractivity contribution in [1.29, 1.82) is 0 Å². The van der Waals surface area contributed by atoms with Gasteiger partial charge in [0, 0.05) is 19.6 Å². The maximum atomic E-state index is 12.9. The fraction of sp³-hybridized carbons (Fsp3) is 0.933. The van der Waals surface area contributed by atoms with Crippen LogP contribution in [-0.2, 0) is 4.79 Å². The normalized spacial score (nSPS) is 23.3. The minimum Gasteiger partial charge on any atom is -0.342 e. The number of carbonyl (C=O) groups excluding carboxylic acids is 1. The summed E-state index contributed by atoms with van der Waals surface area (Å²) in [5.41, 5.74) is -0.172. The number of nitrogens with one attached hydrogen (secondary N) is 1. The first-order valence-electron chi connectivity index (χ1n) is 7.59. The molecule has 0 spiro atoms. The first-order chi connectivity index (χ1) is 8.94. The van der Waals surface area contributed by atoms with Crippen LogP contribution in [0.4, 0.5) is 0 Å². The van der Waals surface area contributed by atoms with Crippen LogP contribution in [0, 0.1) is 11.3 Å². The number of hydrogen-bond donors (Lipinski definition) is 1. The molecule has 0 bridgehead atoms. The summed E-state index contributed by atoms with van der Waals surface area (Å²) in [7, 11) is 4.16. The molecule has 1 heterocycles. The van der Waals surface area contributed by atoms with Crippen LogP contribution in [0.1, 0.15) is 33.6 Å². The Labute approximate surface area is 118 Å². The lowest BCUT2D eigenvalue weighted by Crippen LogP contribution is -2.48. The maximum absolute atomic E-state index is 12.9. The van der Waals surface area contributed by atoms with E-state index in [4.69, 9.17) is 0 Å². The second-order valence-electron chi connectivity index (χ2n) is 6.28. The highest BCUT2D eigenvalue weighted by Gasteiger charge is 2.45. The minimum absolute atomic E-state index is 0.172. The Morgan fingerprint density at radius 3 is 2.42 bits per heavy atom. The van der Waals surface area contributed by atoms with Gasteiger partial charge in [-0.05, 0) is 52.9 Å². The Morgan fingerprint density at radius 2 is 2.00 bits per heavy atom. The van der Waals surface area contributed by atoms with Gasteiger partial charge in [-0.1, -0.05) is 13.8 Å². The fourth-order valence-corrected chi connectivity index (χ4v) is 2.93. The van der Waals surface area contributed by atoms with Crippen molar-refractivity contribution in [3.63, 3.8) is 0 Å². The van der Waals surface area contributed by atoms with Crippen LogP contribution in [0.2, 0.25) is 0 Å². The summed E-state index contributed by atoms with van der Waals surface area (Å²) in [5, 5.41) is 3.37. The zero-order valence-electron chi connectivity index (χ0n) is 13.3. The zero-order valence-corrected chi connectivity index (χ0v) is 13.3. The summed E-state index contributed by atoms with van der Waals surface area (Å²) in [6.07, 6.45) is 2.03. The molecule has 0 aromatic carbocycles. The molecule has 0 aromatic rings. The molecule has 1 amide bonds. The second kappa shape index (κ2) is 7.25. The smallest absolute Gasteiger partial charge is 0.230 e. The van der Waals surface area contributed by atoms with Crippen molar-refractivity contribution in [3.05, 3.63) is 0 Å². The summed E-state index contributed by atoms with van der Waals surface area (Å²) >= 11 is 0. The molecule has 1 N–H and O–H groups in total. The molecule has 1 fully saturated rings. The van der Waals surface area contributed by atoms with Crippen molar-refractivity contribution < 1.29 is 4.79 Å². The summed E-state index contributed by atoms with van der Waals surface area (Å²) in [4.78, 5) is 17.1. The second-order valence-corrected chi connectivity index (χ2v) is 6.28. The standard InChI is InChI=1S/C15H31N3O/c1-6-18(11-7-10-17(4)5)14(19)15(13(2)3)8-9-16-12-15/h13,16H,6-12H2,1-5H3. The predicted molar refractivity (Wildman–Crippen MR) is 80.2 cm³/mol. The highest BCUT2D eigenvalue weighted by Crippen LogP contribution is 2.36. The number of amides is 1. The lowest BCUT2D eigenvalue weighted by molar-refractivity contribution is -0.143. The average molecular weight is 269 g/mol. The van der Waals surface area contributed by atoms with Gasteiger partial charge >= 0.3 is 0 Å². The Kier molecular flexibility index (Phi) is 6.27. The van der Waals surface area contributed by atoms with Crippen molar-refractivity contribution in [2.24, 2.45) is 11.3 Å². The van der Waals surface area contributed by atoms with Crippen LogP contribution >= 0.6 is 0 Å². The van der Waals surface area contributed by atoms with Crippen LogP contribution in [0.3, 0.4) is 0 Å². The predicted octanol–water partition coefficient (Wildman–Crippen LogP) is 1.42. The van der Waals surface area contributed by atoms with Gasteiger partial charge in [-0.15, -0.1) is 0 Å². The fourth-order valence-electron chi connectivity index (χ4n) is 2.93. The molecule has 1 rings (SSSR count). The van der Waals surface area contributed by atoms with Crippen LogP contribution in [0.15, 0.2) is 0 Å². The molecular weight excluding hydrogens is 238 g/mol. The largest absolute Gasteiger partial charge is 0.342 e. The molecule has 19 heavy (non-hydrogen) atoms. The van der Waals surface area contributed by atoms with Gasteiger partial charge in [0.25, 0.3) is 0 Å². The van der Waals surface area contributed by atoms with Crippen molar-refractivity contribution in [2.45, 2.75) is 33.6 Å².